The van der Waals surface area contributed by atoms with E-state index in [2.05, 4.69) is 48.9 Å². The molecule has 27 heavy (non-hydrogen) atoms. The third-order valence-corrected chi connectivity index (χ3v) is 4.31. The van der Waals surface area contributed by atoms with Gasteiger partial charge in [0.2, 0.25) is 0 Å². The summed E-state index contributed by atoms with van der Waals surface area (Å²) in [5.74, 6) is 0.504. The van der Waals surface area contributed by atoms with Gasteiger partial charge in [-0.3, -0.25) is 15.4 Å². The Morgan fingerprint density at radius 2 is 2.04 bits per heavy atom. The van der Waals surface area contributed by atoms with E-state index < -0.39 is 5.91 Å². The molecule has 0 aliphatic heterocycles. The van der Waals surface area contributed by atoms with E-state index in [0.29, 0.717) is 12.3 Å². The largest absolute Gasteiger partial charge is 0.451 e. The summed E-state index contributed by atoms with van der Waals surface area (Å²) in [6.45, 7) is 2.76. The number of amides is 1. The summed E-state index contributed by atoms with van der Waals surface area (Å²) in [4.78, 5) is 13.8. The fourth-order valence-electron chi connectivity index (χ4n) is 2.21. The van der Waals surface area contributed by atoms with Gasteiger partial charge in [0.05, 0.1) is 6.54 Å². The number of benzene rings is 1. The van der Waals surface area contributed by atoms with Crippen LogP contribution in [0.4, 0.5) is 5.95 Å². The molecule has 1 aromatic carbocycles. The first kappa shape index (κ1) is 19.2. The minimum Gasteiger partial charge on any atom is -0.451 e. The Kier molecular flexibility index (Phi) is 6.30. The standard InChI is InChI=1S/C17H17BrN6O2S/c1-2-3-10-24-22-16(21-23-24)20-17(27)19-15(25)14-9-8-13(26-14)11-4-6-12(18)7-5-11/h4-9H,2-3,10H2,1H3,(H2,19,20,22,25,27). The van der Waals surface area contributed by atoms with Crippen LogP contribution in [0.3, 0.4) is 0 Å². The van der Waals surface area contributed by atoms with Crippen molar-refractivity contribution in [3.63, 3.8) is 0 Å². The Balaban J connectivity index is 1.57. The van der Waals surface area contributed by atoms with Crippen molar-refractivity contribution in [2.24, 2.45) is 0 Å². The Morgan fingerprint density at radius 1 is 1.26 bits per heavy atom. The number of anilines is 1. The SMILES string of the molecule is CCCCn1nnc(NC(=S)NC(=O)c2ccc(-c3ccc(Br)cc3)o2)n1. The number of tetrazole rings is 1. The van der Waals surface area contributed by atoms with Crippen molar-refractivity contribution in [3.05, 3.63) is 46.6 Å². The van der Waals surface area contributed by atoms with Gasteiger partial charge in [0.1, 0.15) is 5.76 Å². The van der Waals surface area contributed by atoms with Crippen LogP contribution >= 0.6 is 28.1 Å². The monoisotopic (exact) mass is 448 g/mol. The molecule has 0 unspecified atom stereocenters. The molecule has 0 aliphatic carbocycles. The smallest absolute Gasteiger partial charge is 0.293 e. The second kappa shape index (κ2) is 8.87. The summed E-state index contributed by atoms with van der Waals surface area (Å²) < 4.78 is 6.57. The number of carbonyl (C=O) groups is 1. The van der Waals surface area contributed by atoms with Crippen LogP contribution in [0.15, 0.2) is 45.3 Å². The lowest BCUT2D eigenvalue weighted by Crippen LogP contribution is -2.34. The maximum atomic E-state index is 12.3. The van der Waals surface area contributed by atoms with Gasteiger partial charge in [-0.1, -0.05) is 46.5 Å². The van der Waals surface area contributed by atoms with Gasteiger partial charge in [0, 0.05) is 10.0 Å². The van der Waals surface area contributed by atoms with Crippen LogP contribution in [-0.2, 0) is 6.54 Å². The number of hydrogen-bond donors (Lipinski definition) is 2. The average molecular weight is 449 g/mol. The highest BCUT2D eigenvalue weighted by Crippen LogP contribution is 2.23. The van der Waals surface area contributed by atoms with Crippen molar-refractivity contribution in [3.8, 4) is 11.3 Å². The zero-order valence-corrected chi connectivity index (χ0v) is 16.9. The molecule has 3 aromatic rings. The minimum atomic E-state index is -0.464. The molecule has 0 saturated heterocycles. The Morgan fingerprint density at radius 3 is 2.78 bits per heavy atom. The van der Waals surface area contributed by atoms with Gasteiger partial charge < -0.3 is 4.42 Å². The van der Waals surface area contributed by atoms with Crippen molar-refractivity contribution in [2.75, 3.05) is 5.32 Å². The number of carbonyl (C=O) groups excluding carboxylic acids is 1. The fraction of sp³-hybridized carbons (Fsp3) is 0.235. The Bertz CT molecular complexity index is 937. The maximum Gasteiger partial charge on any atom is 0.293 e. The fourth-order valence-corrected chi connectivity index (χ4v) is 2.66. The molecular weight excluding hydrogens is 432 g/mol. The average Bonchev–Trinajstić information content (AvgIpc) is 3.30. The molecule has 0 spiro atoms. The highest BCUT2D eigenvalue weighted by Gasteiger charge is 2.14. The summed E-state index contributed by atoms with van der Waals surface area (Å²) >= 11 is 8.50. The molecule has 3 rings (SSSR count). The first-order chi connectivity index (χ1) is 13.0. The number of halogens is 1. The molecule has 0 radical (unpaired) electrons. The lowest BCUT2D eigenvalue weighted by molar-refractivity contribution is 0.0951. The van der Waals surface area contributed by atoms with Gasteiger partial charge in [0.25, 0.3) is 11.9 Å². The van der Waals surface area contributed by atoms with E-state index >= 15 is 0 Å². The van der Waals surface area contributed by atoms with E-state index in [1.54, 1.807) is 12.1 Å². The number of unbranched alkanes of at least 4 members (excludes halogenated alkanes) is 1. The van der Waals surface area contributed by atoms with Crippen LogP contribution in [0.2, 0.25) is 0 Å². The van der Waals surface area contributed by atoms with Gasteiger partial charge in [0.15, 0.2) is 10.9 Å². The van der Waals surface area contributed by atoms with Crippen LogP contribution in [0.25, 0.3) is 11.3 Å². The molecule has 2 heterocycles. The van der Waals surface area contributed by atoms with Crippen molar-refractivity contribution in [1.82, 2.24) is 25.5 Å². The molecule has 10 heteroatoms. The van der Waals surface area contributed by atoms with E-state index in [4.69, 9.17) is 16.6 Å². The predicted octanol–water partition coefficient (Wildman–Crippen LogP) is 3.62. The van der Waals surface area contributed by atoms with Crippen molar-refractivity contribution < 1.29 is 9.21 Å². The lowest BCUT2D eigenvalue weighted by atomic mass is 10.2. The van der Waals surface area contributed by atoms with Gasteiger partial charge >= 0.3 is 0 Å². The molecule has 0 bridgehead atoms. The van der Waals surface area contributed by atoms with Crippen molar-refractivity contribution in [1.29, 1.82) is 0 Å². The van der Waals surface area contributed by atoms with E-state index in [1.165, 1.54) is 4.80 Å². The third-order valence-electron chi connectivity index (χ3n) is 3.58. The molecule has 2 N–H and O–H groups in total. The number of rotatable bonds is 6. The van der Waals surface area contributed by atoms with E-state index in [-0.39, 0.29) is 16.8 Å². The molecule has 0 fully saturated rings. The molecule has 0 aliphatic rings. The van der Waals surface area contributed by atoms with Crippen LogP contribution in [-0.4, -0.2) is 31.2 Å². The number of hydrogen-bond acceptors (Lipinski definition) is 6. The highest BCUT2D eigenvalue weighted by molar-refractivity contribution is 9.10. The number of nitrogens with zero attached hydrogens (tertiary/aromatic N) is 4. The number of thiocarbonyl (C=S) groups is 1. The van der Waals surface area contributed by atoms with Crippen molar-refractivity contribution >= 4 is 45.1 Å². The van der Waals surface area contributed by atoms with Gasteiger partial charge in [-0.2, -0.15) is 4.80 Å². The molecule has 2 aromatic heterocycles. The Hall–Kier alpha value is -2.59. The predicted molar refractivity (Wildman–Crippen MR) is 108 cm³/mol. The van der Waals surface area contributed by atoms with Gasteiger partial charge in [-0.25, -0.2) is 0 Å². The number of nitrogens with one attached hydrogen (secondary N) is 2. The quantitative estimate of drug-likeness (QED) is 0.555. The topological polar surface area (TPSA) is 97.9 Å². The molecule has 0 saturated carbocycles. The van der Waals surface area contributed by atoms with Crippen LogP contribution in [0.5, 0.6) is 0 Å². The molecular formula is C17H17BrN6O2S. The van der Waals surface area contributed by atoms with Gasteiger partial charge in [-0.05, 0) is 48.1 Å². The van der Waals surface area contributed by atoms with Gasteiger partial charge in [-0.15, -0.1) is 5.10 Å². The molecule has 0 atom stereocenters. The van der Waals surface area contributed by atoms with E-state index in [9.17, 15) is 4.79 Å². The number of furan rings is 1. The maximum absolute atomic E-state index is 12.3. The molecule has 1 amide bonds. The van der Waals surface area contributed by atoms with Crippen LogP contribution in [0, 0.1) is 0 Å². The number of aromatic nitrogens is 4. The highest BCUT2D eigenvalue weighted by atomic mass is 79.9. The van der Waals surface area contributed by atoms with Crippen LogP contribution in [0.1, 0.15) is 30.3 Å². The van der Waals surface area contributed by atoms with Crippen LogP contribution < -0.4 is 10.6 Å². The minimum absolute atomic E-state index is 0.0663. The summed E-state index contributed by atoms with van der Waals surface area (Å²) in [6, 6.07) is 10.9. The first-order valence-electron chi connectivity index (χ1n) is 8.31. The summed E-state index contributed by atoms with van der Waals surface area (Å²) in [6.07, 6.45) is 1.99. The molecule has 8 nitrogen and oxygen atoms in total. The summed E-state index contributed by atoms with van der Waals surface area (Å²) in [5, 5.41) is 17.2. The second-order valence-corrected chi connectivity index (χ2v) is 6.97. The second-order valence-electron chi connectivity index (χ2n) is 5.64. The summed E-state index contributed by atoms with van der Waals surface area (Å²) in [5.41, 5.74) is 0.867. The van der Waals surface area contributed by atoms with E-state index in [0.717, 1.165) is 22.9 Å². The first-order valence-corrected chi connectivity index (χ1v) is 9.51. The summed E-state index contributed by atoms with van der Waals surface area (Å²) in [7, 11) is 0. The lowest BCUT2D eigenvalue weighted by Gasteiger charge is -2.04. The van der Waals surface area contributed by atoms with E-state index in [1.807, 2.05) is 24.3 Å². The zero-order valence-electron chi connectivity index (χ0n) is 14.5. The third kappa shape index (κ3) is 5.20. The normalized spacial score (nSPS) is 10.6. The molecule has 140 valence electrons. The number of aryl methyl sites for hydroxylation is 1. The Labute approximate surface area is 169 Å². The van der Waals surface area contributed by atoms with Crippen molar-refractivity contribution in [2.45, 2.75) is 26.3 Å². The zero-order chi connectivity index (χ0) is 19.2.